The van der Waals surface area contributed by atoms with Crippen molar-refractivity contribution < 1.29 is 9.90 Å². The molecular formula is C16H21N3O2. The number of likely N-dealkylation sites (tertiary alicyclic amines) is 1. The second-order valence-electron chi connectivity index (χ2n) is 5.64. The number of aliphatic hydroxyl groups is 1. The summed E-state index contributed by atoms with van der Waals surface area (Å²) in [6.07, 6.45) is 1.55. The molecule has 1 amide bonds. The summed E-state index contributed by atoms with van der Waals surface area (Å²) >= 11 is 0. The van der Waals surface area contributed by atoms with Crippen molar-refractivity contribution in [2.24, 2.45) is 0 Å². The maximum Gasteiger partial charge on any atom is 0.223 e. The fraction of sp³-hybridized carbons (Fsp3) is 0.500. The number of benzene rings is 1. The van der Waals surface area contributed by atoms with Crippen molar-refractivity contribution in [3.05, 3.63) is 35.9 Å². The number of nitriles is 1. The maximum atomic E-state index is 11.7. The number of nitrogens with one attached hydrogen (secondary N) is 1. The first kappa shape index (κ1) is 15.5. The number of rotatable bonds is 5. The van der Waals surface area contributed by atoms with Crippen LogP contribution >= 0.6 is 0 Å². The number of hydrogen-bond donors (Lipinski definition) is 2. The highest BCUT2D eigenvalue weighted by Gasteiger charge is 2.35. The average Bonchev–Trinajstić information content (AvgIpc) is 2.46. The molecule has 1 aliphatic heterocycles. The van der Waals surface area contributed by atoms with E-state index in [0.717, 1.165) is 19.5 Å². The minimum atomic E-state index is -0.993. The molecule has 1 aromatic rings. The standard InChI is InChI=1S/C16H21N3O2/c17-8-9-18-15(20)11-16(21)7-4-10-19(13-16)12-14-5-2-1-3-6-14/h1-3,5-6,21H,4,7,9-13H2,(H,18,20). The molecule has 2 N–H and O–H groups in total. The molecule has 1 atom stereocenters. The van der Waals surface area contributed by atoms with Crippen LogP contribution in [-0.4, -0.2) is 41.1 Å². The number of nitrogens with zero attached hydrogens (tertiary/aromatic N) is 2. The Hall–Kier alpha value is -1.90. The van der Waals surface area contributed by atoms with Gasteiger partial charge in [0.15, 0.2) is 0 Å². The molecule has 0 spiro atoms. The number of piperidine rings is 1. The molecule has 1 aliphatic rings. The van der Waals surface area contributed by atoms with E-state index >= 15 is 0 Å². The minimum absolute atomic E-state index is 0.0113. The van der Waals surface area contributed by atoms with Crippen molar-refractivity contribution >= 4 is 5.91 Å². The summed E-state index contributed by atoms with van der Waals surface area (Å²) in [6, 6.07) is 12.0. The van der Waals surface area contributed by atoms with Crippen LogP contribution in [-0.2, 0) is 11.3 Å². The van der Waals surface area contributed by atoms with E-state index in [1.807, 2.05) is 24.3 Å². The molecule has 21 heavy (non-hydrogen) atoms. The summed E-state index contributed by atoms with van der Waals surface area (Å²) in [5.41, 5.74) is 0.211. The topological polar surface area (TPSA) is 76.4 Å². The largest absolute Gasteiger partial charge is 0.388 e. The number of hydrogen-bond acceptors (Lipinski definition) is 4. The lowest BCUT2D eigenvalue weighted by atomic mass is 9.89. The smallest absolute Gasteiger partial charge is 0.223 e. The Morgan fingerprint density at radius 1 is 1.43 bits per heavy atom. The van der Waals surface area contributed by atoms with Gasteiger partial charge in [-0.3, -0.25) is 9.69 Å². The Labute approximate surface area is 125 Å². The first-order chi connectivity index (χ1) is 10.1. The van der Waals surface area contributed by atoms with Gasteiger partial charge in [-0.15, -0.1) is 0 Å². The highest BCUT2D eigenvalue weighted by molar-refractivity contribution is 5.77. The fourth-order valence-electron chi connectivity index (χ4n) is 2.83. The van der Waals surface area contributed by atoms with E-state index in [0.29, 0.717) is 13.0 Å². The molecule has 0 saturated carbocycles. The van der Waals surface area contributed by atoms with Crippen LogP contribution in [0.5, 0.6) is 0 Å². The van der Waals surface area contributed by atoms with Crippen molar-refractivity contribution in [3.8, 4) is 6.07 Å². The predicted molar refractivity (Wildman–Crippen MR) is 79.1 cm³/mol. The Kier molecular flexibility index (Phi) is 5.32. The van der Waals surface area contributed by atoms with Gasteiger partial charge in [-0.1, -0.05) is 30.3 Å². The molecule has 5 nitrogen and oxygen atoms in total. The van der Waals surface area contributed by atoms with Crippen molar-refractivity contribution in [2.45, 2.75) is 31.4 Å². The molecule has 1 saturated heterocycles. The van der Waals surface area contributed by atoms with E-state index in [9.17, 15) is 9.90 Å². The van der Waals surface area contributed by atoms with E-state index in [1.54, 1.807) is 0 Å². The zero-order chi connectivity index (χ0) is 15.1. The van der Waals surface area contributed by atoms with Crippen LogP contribution in [0.1, 0.15) is 24.8 Å². The molecule has 112 valence electrons. The molecular weight excluding hydrogens is 266 g/mol. The predicted octanol–water partition coefficient (Wildman–Crippen LogP) is 1.04. The summed E-state index contributed by atoms with van der Waals surface area (Å²) in [5, 5.41) is 21.6. The van der Waals surface area contributed by atoms with Crippen molar-refractivity contribution in [1.82, 2.24) is 10.2 Å². The molecule has 1 fully saturated rings. The molecule has 1 heterocycles. The van der Waals surface area contributed by atoms with Gasteiger partial charge in [-0.25, -0.2) is 0 Å². The van der Waals surface area contributed by atoms with Gasteiger partial charge < -0.3 is 10.4 Å². The van der Waals surface area contributed by atoms with Crippen LogP contribution in [0.25, 0.3) is 0 Å². The van der Waals surface area contributed by atoms with Gasteiger partial charge in [0.1, 0.15) is 6.54 Å². The summed E-state index contributed by atoms with van der Waals surface area (Å²) in [4.78, 5) is 13.9. The lowest BCUT2D eigenvalue weighted by molar-refractivity contribution is -0.128. The SMILES string of the molecule is N#CCNC(=O)CC1(O)CCCN(Cc2ccccc2)C1. The quantitative estimate of drug-likeness (QED) is 0.794. The second kappa shape index (κ2) is 7.21. The van der Waals surface area contributed by atoms with Crippen LogP contribution < -0.4 is 5.32 Å². The molecule has 1 unspecified atom stereocenters. The van der Waals surface area contributed by atoms with Gasteiger partial charge >= 0.3 is 0 Å². The molecule has 2 rings (SSSR count). The molecule has 0 aliphatic carbocycles. The summed E-state index contributed by atoms with van der Waals surface area (Å²) in [5.74, 6) is -0.263. The Balaban J connectivity index is 1.90. The van der Waals surface area contributed by atoms with Crippen molar-refractivity contribution in [3.63, 3.8) is 0 Å². The number of β-amino-alcohol motifs (C(OH)–C–C–N with tert-alkyl or cyclic N) is 1. The van der Waals surface area contributed by atoms with Gasteiger partial charge in [0.25, 0.3) is 0 Å². The fourth-order valence-corrected chi connectivity index (χ4v) is 2.83. The van der Waals surface area contributed by atoms with E-state index in [1.165, 1.54) is 5.56 Å². The first-order valence-corrected chi connectivity index (χ1v) is 7.24. The lowest BCUT2D eigenvalue weighted by Gasteiger charge is -2.39. The highest BCUT2D eigenvalue weighted by Crippen LogP contribution is 2.25. The Morgan fingerprint density at radius 2 is 2.19 bits per heavy atom. The molecule has 0 aromatic heterocycles. The second-order valence-corrected chi connectivity index (χ2v) is 5.64. The number of carbonyl (C=O) groups excluding carboxylic acids is 1. The van der Waals surface area contributed by atoms with Crippen LogP contribution in [0.4, 0.5) is 0 Å². The maximum absolute atomic E-state index is 11.7. The average molecular weight is 287 g/mol. The summed E-state index contributed by atoms with van der Waals surface area (Å²) < 4.78 is 0. The minimum Gasteiger partial charge on any atom is -0.388 e. The van der Waals surface area contributed by atoms with Gasteiger partial charge in [0.2, 0.25) is 5.91 Å². The normalized spacial score (nSPS) is 22.5. The van der Waals surface area contributed by atoms with Crippen LogP contribution in [0.2, 0.25) is 0 Å². The number of carbonyl (C=O) groups is 1. The van der Waals surface area contributed by atoms with Crippen molar-refractivity contribution in [1.29, 1.82) is 5.26 Å². The summed E-state index contributed by atoms with van der Waals surface area (Å²) in [6.45, 7) is 2.19. The van der Waals surface area contributed by atoms with Gasteiger partial charge in [-0.2, -0.15) is 5.26 Å². The zero-order valence-corrected chi connectivity index (χ0v) is 12.1. The van der Waals surface area contributed by atoms with Crippen LogP contribution in [0.3, 0.4) is 0 Å². The third kappa shape index (κ3) is 4.85. The van der Waals surface area contributed by atoms with Gasteiger partial charge in [-0.05, 0) is 24.9 Å². The van der Waals surface area contributed by atoms with Crippen molar-refractivity contribution in [2.75, 3.05) is 19.6 Å². The first-order valence-electron chi connectivity index (χ1n) is 7.24. The van der Waals surface area contributed by atoms with Crippen LogP contribution in [0, 0.1) is 11.3 Å². The molecule has 1 aromatic carbocycles. The molecule has 0 radical (unpaired) electrons. The summed E-state index contributed by atoms with van der Waals surface area (Å²) in [7, 11) is 0. The zero-order valence-electron chi connectivity index (χ0n) is 12.1. The Bertz CT molecular complexity index is 512. The van der Waals surface area contributed by atoms with Crippen LogP contribution in [0.15, 0.2) is 30.3 Å². The van der Waals surface area contributed by atoms with E-state index in [2.05, 4.69) is 22.3 Å². The monoisotopic (exact) mass is 287 g/mol. The third-order valence-electron chi connectivity index (χ3n) is 3.74. The third-order valence-corrected chi connectivity index (χ3v) is 3.74. The Morgan fingerprint density at radius 3 is 2.90 bits per heavy atom. The van der Waals surface area contributed by atoms with Gasteiger partial charge in [0.05, 0.1) is 18.1 Å². The highest BCUT2D eigenvalue weighted by atomic mass is 16.3. The van der Waals surface area contributed by atoms with E-state index in [4.69, 9.17) is 5.26 Å². The lowest BCUT2D eigenvalue weighted by Crippen LogP contribution is -2.50. The van der Waals surface area contributed by atoms with E-state index < -0.39 is 5.60 Å². The number of amides is 1. The van der Waals surface area contributed by atoms with Gasteiger partial charge in [0, 0.05) is 13.1 Å². The molecule has 0 bridgehead atoms. The van der Waals surface area contributed by atoms with E-state index in [-0.39, 0.29) is 18.9 Å². The molecule has 5 heteroatoms.